The molecule has 5 unspecified atom stereocenters. The van der Waals surface area contributed by atoms with Crippen LogP contribution in [-0.4, -0.2) is 0 Å². The average Bonchev–Trinajstić information content (AvgIpc) is 2.78. The van der Waals surface area contributed by atoms with Crippen molar-refractivity contribution in [3.63, 3.8) is 0 Å². The van der Waals surface area contributed by atoms with E-state index >= 15 is 0 Å². The summed E-state index contributed by atoms with van der Waals surface area (Å²) < 4.78 is 0. The van der Waals surface area contributed by atoms with Gasteiger partial charge >= 0.3 is 0 Å². The number of hydrogen-bond donors (Lipinski definition) is 0. The van der Waals surface area contributed by atoms with Crippen LogP contribution in [0.3, 0.4) is 0 Å². The van der Waals surface area contributed by atoms with E-state index in [4.69, 9.17) is 0 Å². The normalized spacial score (nSPS) is 60.0. The van der Waals surface area contributed by atoms with E-state index in [9.17, 15) is 0 Å². The molecule has 0 saturated heterocycles. The molecule has 0 N–H and O–H groups in total. The van der Waals surface area contributed by atoms with Gasteiger partial charge in [0.25, 0.3) is 0 Å². The SMILES string of the molecule is C1CC2CC34CCCC3CC(C4)C2C1. The van der Waals surface area contributed by atoms with Crippen molar-refractivity contribution in [2.75, 3.05) is 0 Å². The summed E-state index contributed by atoms with van der Waals surface area (Å²) in [4.78, 5) is 0. The fourth-order valence-electron chi connectivity index (χ4n) is 5.96. The van der Waals surface area contributed by atoms with Gasteiger partial charge in [-0.25, -0.2) is 0 Å². The van der Waals surface area contributed by atoms with Crippen molar-refractivity contribution in [1.82, 2.24) is 0 Å². The monoisotopic (exact) mass is 190 g/mol. The topological polar surface area (TPSA) is 0 Å². The van der Waals surface area contributed by atoms with E-state index in [0.717, 1.165) is 5.41 Å². The highest BCUT2D eigenvalue weighted by Gasteiger charge is 2.57. The van der Waals surface area contributed by atoms with Crippen molar-refractivity contribution in [1.29, 1.82) is 0 Å². The molecule has 0 heteroatoms. The van der Waals surface area contributed by atoms with E-state index in [1.165, 1.54) is 23.7 Å². The van der Waals surface area contributed by atoms with E-state index in [2.05, 4.69) is 0 Å². The first kappa shape index (κ1) is 8.19. The van der Waals surface area contributed by atoms with E-state index in [1.54, 1.807) is 57.8 Å². The van der Waals surface area contributed by atoms with Crippen molar-refractivity contribution in [2.24, 2.45) is 29.1 Å². The fraction of sp³-hybridized carbons (Fsp3) is 1.00. The maximum absolute atomic E-state index is 1.65. The van der Waals surface area contributed by atoms with Crippen LogP contribution in [0.15, 0.2) is 0 Å². The van der Waals surface area contributed by atoms with Crippen molar-refractivity contribution in [3.05, 3.63) is 0 Å². The van der Waals surface area contributed by atoms with Gasteiger partial charge in [0, 0.05) is 0 Å². The Hall–Kier alpha value is 0. The van der Waals surface area contributed by atoms with Crippen LogP contribution < -0.4 is 0 Å². The quantitative estimate of drug-likeness (QED) is 0.541. The second-order valence-corrected chi connectivity index (χ2v) is 6.71. The Bertz CT molecular complexity index is 257. The van der Waals surface area contributed by atoms with Gasteiger partial charge in [0.15, 0.2) is 0 Å². The van der Waals surface area contributed by atoms with Gasteiger partial charge in [-0.1, -0.05) is 19.3 Å². The Morgan fingerprint density at radius 3 is 2.79 bits per heavy atom. The van der Waals surface area contributed by atoms with Crippen LogP contribution in [0.1, 0.15) is 57.8 Å². The highest BCUT2D eigenvalue weighted by Crippen LogP contribution is 2.67. The summed E-state index contributed by atoms with van der Waals surface area (Å²) >= 11 is 0. The molecule has 14 heavy (non-hydrogen) atoms. The molecular formula is C14H22. The predicted molar refractivity (Wildman–Crippen MR) is 57.9 cm³/mol. The zero-order chi connectivity index (χ0) is 9.17. The number of hydrogen-bond acceptors (Lipinski definition) is 0. The third kappa shape index (κ3) is 0.864. The minimum atomic E-state index is 0.899. The average molecular weight is 190 g/mol. The lowest BCUT2D eigenvalue weighted by Gasteiger charge is -2.40. The van der Waals surface area contributed by atoms with Gasteiger partial charge in [-0.3, -0.25) is 0 Å². The highest BCUT2D eigenvalue weighted by molar-refractivity contribution is 5.07. The predicted octanol–water partition coefficient (Wildman–Crippen LogP) is 4.00. The molecule has 0 heterocycles. The molecule has 0 radical (unpaired) electrons. The zero-order valence-electron chi connectivity index (χ0n) is 9.17. The van der Waals surface area contributed by atoms with E-state index < -0.39 is 0 Å². The summed E-state index contributed by atoms with van der Waals surface area (Å²) in [6, 6.07) is 0. The van der Waals surface area contributed by atoms with Gasteiger partial charge in [0.05, 0.1) is 0 Å². The summed E-state index contributed by atoms with van der Waals surface area (Å²) in [5, 5.41) is 0. The maximum Gasteiger partial charge on any atom is -0.0264 e. The highest BCUT2D eigenvalue weighted by atomic mass is 14.6. The van der Waals surface area contributed by atoms with Gasteiger partial charge < -0.3 is 0 Å². The first-order chi connectivity index (χ1) is 6.87. The first-order valence-corrected chi connectivity index (χ1v) is 6.87. The molecule has 0 amide bonds. The lowest BCUT2D eigenvalue weighted by Crippen LogP contribution is -2.31. The van der Waals surface area contributed by atoms with Crippen molar-refractivity contribution in [2.45, 2.75) is 57.8 Å². The van der Waals surface area contributed by atoms with E-state index in [-0.39, 0.29) is 0 Å². The van der Waals surface area contributed by atoms with Crippen LogP contribution in [0.4, 0.5) is 0 Å². The molecule has 0 aromatic heterocycles. The van der Waals surface area contributed by atoms with Gasteiger partial charge in [0.1, 0.15) is 0 Å². The Labute approximate surface area is 87.5 Å². The summed E-state index contributed by atoms with van der Waals surface area (Å²) in [6.45, 7) is 0. The standard InChI is InChI=1S/C14H22/c1-3-10-8-14-6-2-4-12(14)7-11(9-14)13(10)5-1/h10-13H,1-9H2. The smallest absolute Gasteiger partial charge is 0.0264 e. The molecular weight excluding hydrogens is 168 g/mol. The second-order valence-electron chi connectivity index (χ2n) is 6.71. The van der Waals surface area contributed by atoms with Crippen LogP contribution >= 0.6 is 0 Å². The summed E-state index contributed by atoms with van der Waals surface area (Å²) in [5.74, 6) is 4.72. The molecule has 0 aromatic rings. The Kier molecular flexibility index (Phi) is 1.50. The lowest BCUT2D eigenvalue weighted by atomic mass is 9.65. The molecule has 4 saturated carbocycles. The minimum absolute atomic E-state index is 0.899. The molecule has 4 aliphatic carbocycles. The summed E-state index contributed by atoms with van der Waals surface area (Å²) in [7, 11) is 0. The molecule has 0 nitrogen and oxygen atoms in total. The largest absolute Gasteiger partial charge is 0.0527 e. The minimum Gasteiger partial charge on any atom is -0.0527 e. The van der Waals surface area contributed by atoms with E-state index in [0.29, 0.717) is 0 Å². The van der Waals surface area contributed by atoms with Crippen LogP contribution in [0.2, 0.25) is 0 Å². The second kappa shape index (κ2) is 2.57. The molecule has 0 aliphatic heterocycles. The molecule has 0 aromatic carbocycles. The molecule has 1 spiro atoms. The molecule has 4 fully saturated rings. The van der Waals surface area contributed by atoms with Crippen molar-refractivity contribution < 1.29 is 0 Å². The maximum atomic E-state index is 1.65. The van der Waals surface area contributed by atoms with Crippen molar-refractivity contribution in [3.8, 4) is 0 Å². The third-order valence-corrected chi connectivity index (χ3v) is 6.34. The zero-order valence-corrected chi connectivity index (χ0v) is 9.17. The fourth-order valence-corrected chi connectivity index (χ4v) is 5.96. The number of fused-ring (bicyclic) bond motifs is 3. The van der Waals surface area contributed by atoms with Gasteiger partial charge in [-0.15, -0.1) is 0 Å². The van der Waals surface area contributed by atoms with Gasteiger partial charge in [-0.05, 0) is 67.6 Å². The Balaban J connectivity index is 1.71. The van der Waals surface area contributed by atoms with E-state index in [1.807, 2.05) is 0 Å². The molecule has 4 aliphatic rings. The molecule has 78 valence electrons. The molecule has 5 atom stereocenters. The van der Waals surface area contributed by atoms with Crippen molar-refractivity contribution >= 4 is 0 Å². The van der Waals surface area contributed by atoms with Crippen LogP contribution in [0, 0.1) is 29.1 Å². The lowest BCUT2D eigenvalue weighted by molar-refractivity contribution is 0.0986. The third-order valence-electron chi connectivity index (χ3n) is 6.34. The van der Waals surface area contributed by atoms with Crippen LogP contribution in [-0.2, 0) is 0 Å². The molecule has 4 rings (SSSR count). The Morgan fingerprint density at radius 2 is 1.79 bits per heavy atom. The van der Waals surface area contributed by atoms with Crippen LogP contribution in [0.5, 0.6) is 0 Å². The summed E-state index contributed by atoms with van der Waals surface area (Å²) in [6.07, 6.45) is 14.5. The van der Waals surface area contributed by atoms with Gasteiger partial charge in [-0.2, -0.15) is 0 Å². The first-order valence-electron chi connectivity index (χ1n) is 6.87. The number of rotatable bonds is 0. The Morgan fingerprint density at radius 1 is 0.857 bits per heavy atom. The summed E-state index contributed by atoms with van der Waals surface area (Å²) in [5.41, 5.74) is 0.899. The van der Waals surface area contributed by atoms with Gasteiger partial charge in [0.2, 0.25) is 0 Å². The van der Waals surface area contributed by atoms with Crippen LogP contribution in [0.25, 0.3) is 0 Å². The molecule has 2 bridgehead atoms.